The molecule has 0 bridgehead atoms. The normalized spacial score (nSPS) is 16.9. The lowest BCUT2D eigenvalue weighted by Gasteiger charge is -2.45. The second kappa shape index (κ2) is 11.6. The summed E-state index contributed by atoms with van der Waals surface area (Å²) in [5, 5.41) is 11.1. The summed E-state index contributed by atoms with van der Waals surface area (Å²) in [6.45, 7) is 14.0. The molecule has 1 fully saturated rings. The molecule has 1 amide bonds. The van der Waals surface area contributed by atoms with Gasteiger partial charge in [-0.25, -0.2) is 9.37 Å². The number of carbonyl (C=O) groups is 1. The molecule has 10 heteroatoms. The van der Waals surface area contributed by atoms with E-state index in [9.17, 15) is 14.9 Å². The standard InChI is InChI=1S/C33H32ClFN6O2/c1-7-27(42)40-20(5)16-39(17-21(40)6)31-23-14-25(34)29(22-10-8-9-11-26(22)35)38-32(23)41(33(43)24(31)15-36)30-19(4)12-13-37-28(30)18(2)3/h7-14,18,20-21H,1,16-17H2,2-6H3. The van der Waals surface area contributed by atoms with E-state index in [0.29, 0.717) is 35.5 Å². The molecule has 3 aromatic heterocycles. The number of hydrogen-bond donors (Lipinski definition) is 0. The zero-order valence-electron chi connectivity index (χ0n) is 24.7. The molecule has 0 spiro atoms. The van der Waals surface area contributed by atoms with Gasteiger partial charge in [0.05, 0.1) is 27.8 Å². The summed E-state index contributed by atoms with van der Waals surface area (Å²) in [6.07, 6.45) is 2.97. The van der Waals surface area contributed by atoms with Crippen molar-refractivity contribution in [2.45, 2.75) is 52.6 Å². The van der Waals surface area contributed by atoms with Gasteiger partial charge in [-0.1, -0.05) is 44.2 Å². The average molecular weight is 599 g/mol. The average Bonchev–Trinajstić information content (AvgIpc) is 2.96. The van der Waals surface area contributed by atoms with Gasteiger partial charge in [-0.15, -0.1) is 0 Å². The molecule has 1 saturated heterocycles. The van der Waals surface area contributed by atoms with E-state index in [1.807, 2.05) is 39.5 Å². The Labute approximate surface area is 254 Å². The monoisotopic (exact) mass is 598 g/mol. The summed E-state index contributed by atoms with van der Waals surface area (Å²) in [6, 6.07) is 11.3. The Morgan fingerprint density at radius 3 is 2.47 bits per heavy atom. The fourth-order valence-electron chi connectivity index (χ4n) is 6.08. The van der Waals surface area contributed by atoms with E-state index >= 15 is 4.39 Å². The SMILES string of the molecule is C=CC(=O)N1C(C)CN(c2c(C#N)c(=O)n(-c3c(C)ccnc3C(C)C)c3nc(-c4ccccc4F)c(Cl)cc23)CC1C. The van der Waals surface area contributed by atoms with Crippen molar-refractivity contribution in [1.29, 1.82) is 5.26 Å². The van der Waals surface area contributed by atoms with Crippen molar-refractivity contribution in [2.75, 3.05) is 18.0 Å². The molecule has 8 nitrogen and oxygen atoms in total. The first-order valence-electron chi connectivity index (χ1n) is 14.1. The summed E-state index contributed by atoms with van der Waals surface area (Å²) >= 11 is 6.81. The van der Waals surface area contributed by atoms with Crippen molar-refractivity contribution < 1.29 is 9.18 Å². The minimum absolute atomic E-state index is 0.0578. The van der Waals surface area contributed by atoms with Crippen molar-refractivity contribution in [3.63, 3.8) is 0 Å². The number of fused-ring (bicyclic) bond motifs is 1. The van der Waals surface area contributed by atoms with E-state index in [2.05, 4.69) is 17.6 Å². The Kier molecular flexibility index (Phi) is 8.08. The molecule has 0 radical (unpaired) electrons. The lowest BCUT2D eigenvalue weighted by Crippen LogP contribution is -2.58. The fourth-order valence-corrected chi connectivity index (χ4v) is 6.33. The van der Waals surface area contributed by atoms with Crippen LogP contribution in [0.15, 0.2) is 60.0 Å². The predicted molar refractivity (Wildman–Crippen MR) is 167 cm³/mol. The van der Waals surface area contributed by atoms with Gasteiger partial charge in [0.2, 0.25) is 5.91 Å². The second-order valence-corrected chi connectivity index (χ2v) is 11.6. The Bertz CT molecular complexity index is 1870. The molecule has 2 atom stereocenters. The Morgan fingerprint density at radius 1 is 1.19 bits per heavy atom. The topological polar surface area (TPSA) is 95.1 Å². The largest absolute Gasteiger partial charge is 0.366 e. The predicted octanol–water partition coefficient (Wildman–Crippen LogP) is 6.16. The third kappa shape index (κ3) is 5.06. The zero-order valence-corrected chi connectivity index (χ0v) is 25.5. The van der Waals surface area contributed by atoms with Crippen molar-refractivity contribution in [3.8, 4) is 23.0 Å². The molecule has 0 saturated carbocycles. The molecule has 0 aliphatic carbocycles. The summed E-state index contributed by atoms with van der Waals surface area (Å²) in [5.41, 5.74) is 2.26. The van der Waals surface area contributed by atoms with Crippen LogP contribution in [0.5, 0.6) is 0 Å². The number of carbonyl (C=O) groups excluding carboxylic acids is 1. The number of piperazine rings is 1. The van der Waals surface area contributed by atoms with Crippen LogP contribution in [-0.2, 0) is 4.79 Å². The summed E-state index contributed by atoms with van der Waals surface area (Å²) in [4.78, 5) is 40.2. The molecule has 43 heavy (non-hydrogen) atoms. The van der Waals surface area contributed by atoms with Gasteiger partial charge in [0.25, 0.3) is 5.56 Å². The number of rotatable bonds is 5. The first-order valence-corrected chi connectivity index (χ1v) is 14.5. The van der Waals surface area contributed by atoms with E-state index in [1.165, 1.54) is 16.7 Å². The van der Waals surface area contributed by atoms with Crippen LogP contribution in [0.4, 0.5) is 10.1 Å². The summed E-state index contributed by atoms with van der Waals surface area (Å²) in [7, 11) is 0. The van der Waals surface area contributed by atoms with Crippen LogP contribution in [0.25, 0.3) is 28.0 Å². The summed E-state index contributed by atoms with van der Waals surface area (Å²) in [5.74, 6) is -0.754. The van der Waals surface area contributed by atoms with Crippen LogP contribution in [0.1, 0.15) is 50.4 Å². The number of pyridine rings is 3. The van der Waals surface area contributed by atoms with Gasteiger partial charge in [-0.05, 0) is 62.6 Å². The van der Waals surface area contributed by atoms with Gasteiger partial charge >= 0.3 is 0 Å². The van der Waals surface area contributed by atoms with E-state index < -0.39 is 11.4 Å². The number of hydrogen-bond acceptors (Lipinski definition) is 6. The van der Waals surface area contributed by atoms with Crippen molar-refractivity contribution in [3.05, 3.63) is 93.3 Å². The van der Waals surface area contributed by atoms with Crippen LogP contribution in [0.3, 0.4) is 0 Å². The van der Waals surface area contributed by atoms with Gasteiger partial charge in [0.15, 0.2) is 0 Å². The highest BCUT2D eigenvalue weighted by Crippen LogP contribution is 2.38. The summed E-state index contributed by atoms with van der Waals surface area (Å²) < 4.78 is 16.4. The molecular weight excluding hydrogens is 567 g/mol. The number of nitrogens with zero attached hydrogens (tertiary/aromatic N) is 6. The quantitative estimate of drug-likeness (QED) is 0.256. The zero-order chi connectivity index (χ0) is 31.2. The molecule has 1 aromatic carbocycles. The Balaban J connectivity index is 1.90. The Hall–Kier alpha value is -4.55. The number of benzene rings is 1. The van der Waals surface area contributed by atoms with Crippen LogP contribution in [0, 0.1) is 24.1 Å². The van der Waals surface area contributed by atoms with Crippen molar-refractivity contribution in [2.24, 2.45) is 0 Å². The number of anilines is 1. The van der Waals surface area contributed by atoms with Crippen LogP contribution in [0.2, 0.25) is 5.02 Å². The number of aromatic nitrogens is 3. The van der Waals surface area contributed by atoms with E-state index in [0.717, 1.165) is 5.56 Å². The first kappa shape index (κ1) is 29.9. The number of nitriles is 1. The third-order valence-corrected chi connectivity index (χ3v) is 8.19. The molecule has 2 unspecified atom stereocenters. The number of halogens is 2. The maximum Gasteiger partial charge on any atom is 0.276 e. The van der Waals surface area contributed by atoms with E-state index in [-0.39, 0.29) is 51.4 Å². The highest BCUT2D eigenvalue weighted by Gasteiger charge is 2.35. The molecular formula is C33H32ClFN6O2. The van der Waals surface area contributed by atoms with Gasteiger partial charge in [0, 0.05) is 42.3 Å². The van der Waals surface area contributed by atoms with Crippen molar-refractivity contribution >= 4 is 34.2 Å². The van der Waals surface area contributed by atoms with Crippen LogP contribution < -0.4 is 10.5 Å². The molecule has 220 valence electrons. The van der Waals surface area contributed by atoms with Gasteiger partial charge in [-0.3, -0.25) is 19.1 Å². The highest BCUT2D eigenvalue weighted by atomic mass is 35.5. The smallest absolute Gasteiger partial charge is 0.276 e. The minimum atomic E-state index is -0.567. The lowest BCUT2D eigenvalue weighted by molar-refractivity contribution is -0.130. The first-order chi connectivity index (χ1) is 20.5. The van der Waals surface area contributed by atoms with Gasteiger partial charge in [-0.2, -0.15) is 5.26 Å². The van der Waals surface area contributed by atoms with E-state index in [4.69, 9.17) is 16.6 Å². The van der Waals surface area contributed by atoms with E-state index in [1.54, 1.807) is 41.4 Å². The van der Waals surface area contributed by atoms with Gasteiger partial charge < -0.3 is 9.80 Å². The Morgan fingerprint density at radius 2 is 1.86 bits per heavy atom. The molecule has 1 aliphatic heterocycles. The third-order valence-electron chi connectivity index (χ3n) is 7.91. The highest BCUT2D eigenvalue weighted by molar-refractivity contribution is 6.34. The molecule has 1 aliphatic rings. The maximum absolute atomic E-state index is 15.0. The molecule has 5 rings (SSSR count). The fraction of sp³-hybridized carbons (Fsp3) is 0.303. The van der Waals surface area contributed by atoms with Crippen LogP contribution in [-0.4, -0.2) is 50.5 Å². The molecule has 0 N–H and O–H groups in total. The number of aryl methyl sites for hydroxylation is 1. The van der Waals surface area contributed by atoms with Crippen LogP contribution >= 0.6 is 11.6 Å². The maximum atomic E-state index is 15.0. The minimum Gasteiger partial charge on any atom is -0.366 e. The second-order valence-electron chi connectivity index (χ2n) is 11.2. The lowest BCUT2D eigenvalue weighted by atomic mass is 10.0. The molecule has 4 heterocycles. The van der Waals surface area contributed by atoms with Crippen molar-refractivity contribution in [1.82, 2.24) is 19.4 Å². The van der Waals surface area contributed by atoms with Gasteiger partial charge in [0.1, 0.15) is 23.1 Å². The number of amides is 1. The molecule has 4 aromatic rings.